The maximum Gasteiger partial charge on any atom is 0.258 e. The fourth-order valence-corrected chi connectivity index (χ4v) is 2.26. The quantitative estimate of drug-likeness (QED) is 0.731. The first-order chi connectivity index (χ1) is 12.1. The molecule has 0 aliphatic heterocycles. The molecule has 0 bridgehead atoms. The van der Waals surface area contributed by atoms with Gasteiger partial charge < -0.3 is 14.5 Å². The van der Waals surface area contributed by atoms with Gasteiger partial charge in [0.1, 0.15) is 5.75 Å². The molecule has 0 saturated carbocycles. The number of halogens is 1. The van der Waals surface area contributed by atoms with Crippen LogP contribution in [0.25, 0.3) is 11.5 Å². The Balaban J connectivity index is 1.51. The average Bonchev–Trinajstić information content (AvgIpc) is 3.09. The van der Waals surface area contributed by atoms with Crippen LogP contribution in [0.4, 0.5) is 0 Å². The summed E-state index contributed by atoms with van der Waals surface area (Å²) in [4.78, 5) is 11.8. The summed E-state index contributed by atoms with van der Waals surface area (Å²) in [7, 11) is 0. The lowest BCUT2D eigenvalue weighted by Gasteiger charge is -2.07. The number of rotatable bonds is 6. The van der Waals surface area contributed by atoms with E-state index in [2.05, 4.69) is 15.5 Å². The van der Waals surface area contributed by atoms with Crippen molar-refractivity contribution < 1.29 is 13.9 Å². The van der Waals surface area contributed by atoms with E-state index < -0.39 is 0 Å². The number of carbonyl (C=O) groups excluding carboxylic acids is 1. The zero-order valence-electron chi connectivity index (χ0n) is 13.5. The first-order valence-corrected chi connectivity index (χ1v) is 8.03. The van der Waals surface area contributed by atoms with E-state index in [1.165, 1.54) is 0 Å². The first kappa shape index (κ1) is 17.0. The number of aromatic nitrogens is 2. The molecule has 0 aliphatic rings. The number of nitrogens with one attached hydrogen (secondary N) is 1. The summed E-state index contributed by atoms with van der Waals surface area (Å²) in [5.41, 5.74) is 1.98. The van der Waals surface area contributed by atoms with Crippen molar-refractivity contribution in [1.29, 1.82) is 0 Å². The van der Waals surface area contributed by atoms with Crippen LogP contribution in [-0.2, 0) is 11.3 Å². The van der Waals surface area contributed by atoms with Crippen molar-refractivity contribution in [1.82, 2.24) is 15.5 Å². The van der Waals surface area contributed by atoms with E-state index in [1.807, 2.05) is 31.2 Å². The number of carbonyl (C=O) groups is 1. The van der Waals surface area contributed by atoms with Crippen molar-refractivity contribution in [2.75, 3.05) is 6.61 Å². The lowest BCUT2D eigenvalue weighted by molar-refractivity contribution is -0.123. The fourth-order valence-electron chi connectivity index (χ4n) is 2.07. The monoisotopic (exact) mass is 357 g/mol. The van der Waals surface area contributed by atoms with Gasteiger partial charge in [-0.2, -0.15) is 0 Å². The second kappa shape index (κ2) is 7.81. The van der Waals surface area contributed by atoms with Gasteiger partial charge in [-0.3, -0.25) is 4.79 Å². The topological polar surface area (TPSA) is 77.2 Å². The molecule has 1 amide bonds. The summed E-state index contributed by atoms with van der Waals surface area (Å²) in [5, 5.41) is 11.0. The Bertz CT molecular complexity index is 862. The maximum absolute atomic E-state index is 11.8. The lowest BCUT2D eigenvalue weighted by atomic mass is 10.1. The largest absolute Gasteiger partial charge is 0.482 e. The molecular weight excluding hydrogens is 342 g/mol. The van der Waals surface area contributed by atoms with Gasteiger partial charge in [0, 0.05) is 5.56 Å². The zero-order valence-corrected chi connectivity index (χ0v) is 14.3. The van der Waals surface area contributed by atoms with Crippen molar-refractivity contribution >= 4 is 17.5 Å². The molecule has 25 heavy (non-hydrogen) atoms. The van der Waals surface area contributed by atoms with Crippen LogP contribution in [0, 0.1) is 6.92 Å². The SMILES string of the molecule is Cc1ccc(-c2nnc(CNC(=O)COc3ccccc3Cl)o2)cc1. The molecule has 0 unspecified atom stereocenters. The van der Waals surface area contributed by atoms with Crippen molar-refractivity contribution in [3.05, 3.63) is 65.0 Å². The van der Waals surface area contributed by atoms with E-state index in [1.54, 1.807) is 24.3 Å². The molecule has 6 nitrogen and oxygen atoms in total. The molecule has 128 valence electrons. The Morgan fingerprint density at radius 1 is 1.16 bits per heavy atom. The van der Waals surface area contributed by atoms with Crippen molar-refractivity contribution in [3.63, 3.8) is 0 Å². The van der Waals surface area contributed by atoms with Crippen LogP contribution in [0.2, 0.25) is 5.02 Å². The average molecular weight is 358 g/mol. The van der Waals surface area contributed by atoms with Gasteiger partial charge in [0.2, 0.25) is 11.8 Å². The predicted octanol–water partition coefficient (Wildman–Crippen LogP) is 3.39. The van der Waals surface area contributed by atoms with Gasteiger partial charge >= 0.3 is 0 Å². The zero-order chi connectivity index (χ0) is 17.6. The summed E-state index contributed by atoms with van der Waals surface area (Å²) < 4.78 is 10.9. The highest BCUT2D eigenvalue weighted by Gasteiger charge is 2.10. The molecule has 1 heterocycles. The summed E-state index contributed by atoms with van der Waals surface area (Å²) in [6.07, 6.45) is 0. The summed E-state index contributed by atoms with van der Waals surface area (Å²) in [5.74, 6) is 0.881. The van der Waals surface area contributed by atoms with E-state index in [-0.39, 0.29) is 19.1 Å². The minimum absolute atomic E-state index is 0.129. The Morgan fingerprint density at radius 3 is 2.68 bits per heavy atom. The summed E-state index contributed by atoms with van der Waals surface area (Å²) >= 11 is 5.96. The Hall–Kier alpha value is -2.86. The van der Waals surface area contributed by atoms with Crippen molar-refractivity contribution in [2.45, 2.75) is 13.5 Å². The Labute approximate surface area is 149 Å². The molecule has 3 rings (SSSR count). The number of amides is 1. The number of ether oxygens (including phenoxy) is 1. The smallest absolute Gasteiger partial charge is 0.258 e. The van der Waals surface area contributed by atoms with Gasteiger partial charge in [-0.15, -0.1) is 10.2 Å². The number of benzene rings is 2. The fraction of sp³-hybridized carbons (Fsp3) is 0.167. The molecule has 0 radical (unpaired) electrons. The third kappa shape index (κ3) is 4.58. The number of para-hydroxylation sites is 1. The van der Waals surface area contributed by atoms with Crippen molar-refractivity contribution in [3.8, 4) is 17.2 Å². The van der Waals surface area contributed by atoms with E-state index in [0.29, 0.717) is 22.6 Å². The van der Waals surface area contributed by atoms with E-state index in [0.717, 1.165) is 11.1 Å². The van der Waals surface area contributed by atoms with Gasteiger partial charge in [0.15, 0.2) is 6.61 Å². The van der Waals surface area contributed by atoms with Crippen LogP contribution in [-0.4, -0.2) is 22.7 Å². The second-order valence-corrected chi connectivity index (χ2v) is 5.77. The standard InChI is InChI=1S/C18H16ClN3O3/c1-12-6-8-13(9-7-12)18-22-21-17(25-18)10-20-16(23)11-24-15-5-3-2-4-14(15)19/h2-9H,10-11H2,1H3,(H,20,23). The number of aryl methyl sites for hydroxylation is 1. The highest BCUT2D eigenvalue weighted by atomic mass is 35.5. The first-order valence-electron chi connectivity index (χ1n) is 7.65. The van der Waals surface area contributed by atoms with Gasteiger partial charge in [0.05, 0.1) is 11.6 Å². The van der Waals surface area contributed by atoms with Crippen LogP contribution >= 0.6 is 11.6 Å². The lowest BCUT2D eigenvalue weighted by Crippen LogP contribution is -2.28. The third-order valence-corrected chi connectivity index (χ3v) is 3.71. The van der Waals surface area contributed by atoms with E-state index in [9.17, 15) is 4.79 Å². The number of hydrogen-bond acceptors (Lipinski definition) is 5. The molecule has 1 N–H and O–H groups in total. The van der Waals surface area contributed by atoms with Crippen LogP contribution in [0.15, 0.2) is 52.9 Å². The highest BCUT2D eigenvalue weighted by molar-refractivity contribution is 6.32. The van der Waals surface area contributed by atoms with Gasteiger partial charge in [0.25, 0.3) is 5.91 Å². The Morgan fingerprint density at radius 2 is 1.92 bits per heavy atom. The van der Waals surface area contributed by atoms with E-state index >= 15 is 0 Å². The molecule has 0 saturated heterocycles. The van der Waals surface area contributed by atoms with Crippen LogP contribution < -0.4 is 10.1 Å². The maximum atomic E-state index is 11.8. The number of hydrogen-bond donors (Lipinski definition) is 1. The molecule has 3 aromatic rings. The molecule has 1 aromatic heterocycles. The summed E-state index contributed by atoms with van der Waals surface area (Å²) in [6, 6.07) is 14.7. The van der Waals surface area contributed by atoms with Crippen molar-refractivity contribution in [2.24, 2.45) is 0 Å². The van der Waals surface area contributed by atoms with Gasteiger partial charge in [-0.25, -0.2) is 0 Å². The molecule has 0 atom stereocenters. The molecule has 0 aliphatic carbocycles. The second-order valence-electron chi connectivity index (χ2n) is 5.36. The normalized spacial score (nSPS) is 10.5. The minimum Gasteiger partial charge on any atom is -0.482 e. The van der Waals surface area contributed by atoms with Crippen LogP contribution in [0.1, 0.15) is 11.5 Å². The van der Waals surface area contributed by atoms with Crippen LogP contribution in [0.5, 0.6) is 5.75 Å². The Kier molecular flexibility index (Phi) is 5.30. The molecule has 0 fully saturated rings. The summed E-state index contributed by atoms with van der Waals surface area (Å²) in [6.45, 7) is 1.98. The molecular formula is C18H16ClN3O3. The molecule has 7 heteroatoms. The van der Waals surface area contributed by atoms with Gasteiger partial charge in [-0.05, 0) is 31.2 Å². The highest BCUT2D eigenvalue weighted by Crippen LogP contribution is 2.22. The predicted molar refractivity (Wildman–Crippen MR) is 93.3 cm³/mol. The van der Waals surface area contributed by atoms with Crippen LogP contribution in [0.3, 0.4) is 0 Å². The molecule has 0 spiro atoms. The molecule has 2 aromatic carbocycles. The van der Waals surface area contributed by atoms with Gasteiger partial charge in [-0.1, -0.05) is 41.4 Å². The minimum atomic E-state index is -0.310. The number of nitrogens with zero attached hydrogens (tertiary/aromatic N) is 2. The van der Waals surface area contributed by atoms with E-state index in [4.69, 9.17) is 20.8 Å². The third-order valence-electron chi connectivity index (χ3n) is 3.40.